The maximum Gasteiger partial charge on any atom is 0.270 e. The second kappa shape index (κ2) is 6.73. The largest absolute Gasteiger partial charge is 0.339 e. The van der Waals surface area contributed by atoms with Crippen molar-refractivity contribution in [2.75, 3.05) is 20.1 Å². The molecule has 1 saturated heterocycles. The highest BCUT2D eigenvalue weighted by molar-refractivity contribution is 6.44. The third kappa shape index (κ3) is 3.06. The number of piperidine rings is 1. The molecule has 0 aromatic heterocycles. The Kier molecular flexibility index (Phi) is 4.27. The van der Waals surface area contributed by atoms with Crippen molar-refractivity contribution in [2.45, 2.75) is 31.3 Å². The van der Waals surface area contributed by atoms with Gasteiger partial charge in [0.2, 0.25) is 0 Å². The van der Waals surface area contributed by atoms with Crippen LogP contribution >= 0.6 is 11.6 Å². The van der Waals surface area contributed by atoms with Gasteiger partial charge in [-0.3, -0.25) is 14.6 Å². The number of rotatable bonds is 3. The summed E-state index contributed by atoms with van der Waals surface area (Å²) in [4.78, 5) is 33.7. The van der Waals surface area contributed by atoms with Crippen molar-refractivity contribution in [3.63, 3.8) is 0 Å². The maximum atomic E-state index is 13.7. The van der Waals surface area contributed by atoms with E-state index in [2.05, 4.69) is 15.2 Å². The number of carbonyl (C=O) groups excluding carboxylic acids is 2. The summed E-state index contributed by atoms with van der Waals surface area (Å²) >= 11 is 6.02. The number of likely N-dealkylation sites (tertiary alicyclic amines) is 1. The third-order valence-corrected chi connectivity index (χ3v) is 6.35. The molecule has 0 N–H and O–H groups in total. The summed E-state index contributed by atoms with van der Waals surface area (Å²) in [6, 6.07) is 2.31. The van der Waals surface area contributed by atoms with Crippen LogP contribution in [0.25, 0.3) is 6.08 Å². The summed E-state index contributed by atoms with van der Waals surface area (Å²) < 4.78 is 13.7. The molecule has 1 aromatic rings. The molecule has 29 heavy (non-hydrogen) atoms. The van der Waals surface area contributed by atoms with Crippen molar-refractivity contribution >= 4 is 40.9 Å². The van der Waals surface area contributed by atoms with E-state index in [0.717, 1.165) is 18.6 Å². The van der Waals surface area contributed by atoms with E-state index in [1.807, 2.05) is 0 Å². The average Bonchev–Trinajstić information content (AvgIpc) is 3.34. The molecule has 2 unspecified atom stereocenters. The van der Waals surface area contributed by atoms with Crippen molar-refractivity contribution in [1.29, 1.82) is 0 Å². The summed E-state index contributed by atoms with van der Waals surface area (Å²) in [5, 5.41) is 9.28. The van der Waals surface area contributed by atoms with E-state index in [0.29, 0.717) is 35.8 Å². The minimum Gasteiger partial charge on any atom is -0.339 e. The van der Waals surface area contributed by atoms with Crippen LogP contribution in [0.4, 0.5) is 4.39 Å². The predicted octanol–water partition coefficient (Wildman–Crippen LogP) is 0.541. The molecule has 2 fully saturated rings. The molecule has 1 saturated carbocycles. The van der Waals surface area contributed by atoms with Crippen LogP contribution in [0.5, 0.6) is 0 Å². The lowest BCUT2D eigenvalue weighted by Gasteiger charge is -2.33. The monoisotopic (exact) mass is 415 g/mol. The molecule has 0 spiro atoms. The predicted molar refractivity (Wildman–Crippen MR) is 106 cm³/mol. The van der Waals surface area contributed by atoms with Crippen LogP contribution in [0.3, 0.4) is 0 Å². The summed E-state index contributed by atoms with van der Waals surface area (Å²) in [6.45, 7) is 0.834. The van der Waals surface area contributed by atoms with Gasteiger partial charge in [-0.15, -0.1) is 5.10 Å². The van der Waals surface area contributed by atoms with Crippen molar-refractivity contribution in [3.05, 3.63) is 33.5 Å². The highest BCUT2D eigenvalue weighted by atomic mass is 35.5. The van der Waals surface area contributed by atoms with Gasteiger partial charge >= 0.3 is 0 Å². The zero-order valence-electron chi connectivity index (χ0n) is 15.8. The molecule has 3 heterocycles. The molecular weight excluding hydrogens is 397 g/mol. The zero-order chi connectivity index (χ0) is 20.3. The fourth-order valence-corrected chi connectivity index (χ4v) is 4.30. The lowest BCUT2D eigenvalue weighted by atomic mass is 9.90. The highest BCUT2D eigenvalue weighted by Gasteiger charge is 2.42. The molecular formula is C20H19ClFN5O2. The van der Waals surface area contributed by atoms with Crippen LogP contribution in [0.1, 0.15) is 19.3 Å². The lowest BCUT2D eigenvalue weighted by molar-refractivity contribution is -0.131. The van der Waals surface area contributed by atoms with E-state index in [9.17, 15) is 14.0 Å². The highest BCUT2D eigenvalue weighted by Crippen LogP contribution is 2.28. The minimum absolute atomic E-state index is 0.0199. The summed E-state index contributed by atoms with van der Waals surface area (Å²) in [7, 11) is 1.79. The fraction of sp³-hybridized carbons (Fsp3) is 0.450. The standard InChI is InChI=1S/C20H19ClFN5O2/c1-26(10-2-3-10)20(29)18-12-9-27(7-6-15(12)24-25-18)19(28)16-8-11-14(23-16)5-4-13(22)17(11)21/h4-5,8,10,12,16H,2-3,6-7,9H2,1H3. The van der Waals surface area contributed by atoms with Gasteiger partial charge in [0.25, 0.3) is 11.8 Å². The van der Waals surface area contributed by atoms with Crippen molar-refractivity contribution in [1.82, 2.24) is 9.80 Å². The Balaban J connectivity index is 1.34. The first-order valence-corrected chi connectivity index (χ1v) is 10.1. The van der Waals surface area contributed by atoms with Gasteiger partial charge in [0.15, 0.2) is 0 Å². The Bertz CT molecular complexity index is 1110. The summed E-state index contributed by atoms with van der Waals surface area (Å²) in [5.41, 5.74) is 1.26. The van der Waals surface area contributed by atoms with Crippen LogP contribution < -0.4 is 10.6 Å². The van der Waals surface area contributed by atoms with Crippen molar-refractivity contribution in [3.8, 4) is 0 Å². The van der Waals surface area contributed by atoms with E-state index in [1.54, 1.807) is 22.9 Å². The molecule has 0 bridgehead atoms. The Morgan fingerprint density at radius 2 is 2.07 bits per heavy atom. The topological polar surface area (TPSA) is 77.7 Å². The number of halogens is 2. The summed E-state index contributed by atoms with van der Waals surface area (Å²) in [5.74, 6) is -1.11. The van der Waals surface area contributed by atoms with E-state index >= 15 is 0 Å². The Hall–Kier alpha value is -2.61. The van der Waals surface area contributed by atoms with Crippen molar-refractivity contribution < 1.29 is 14.0 Å². The number of hydrogen-bond acceptors (Lipinski definition) is 5. The van der Waals surface area contributed by atoms with E-state index in [-0.39, 0.29) is 28.8 Å². The minimum atomic E-state index is -0.741. The Morgan fingerprint density at radius 3 is 2.83 bits per heavy atom. The SMILES string of the molecule is CN(C(=O)C1=NN=C2CCN(C(=O)C3C=c4c(Cl)c(F)ccc4=N3)CC21)C1CC1. The van der Waals surface area contributed by atoms with E-state index in [1.165, 1.54) is 12.1 Å². The maximum absolute atomic E-state index is 13.7. The van der Waals surface area contributed by atoms with Gasteiger partial charge in [-0.05, 0) is 31.1 Å². The van der Waals surface area contributed by atoms with Gasteiger partial charge < -0.3 is 9.80 Å². The smallest absolute Gasteiger partial charge is 0.270 e. The molecule has 1 aliphatic carbocycles. The molecule has 1 aromatic carbocycles. The second-order valence-corrected chi connectivity index (χ2v) is 8.22. The molecule has 2 atom stereocenters. The molecule has 5 rings (SSSR count). The van der Waals surface area contributed by atoms with Gasteiger partial charge in [0.1, 0.15) is 17.6 Å². The number of fused-ring (bicyclic) bond motifs is 2. The van der Waals surface area contributed by atoms with Gasteiger partial charge in [-0.1, -0.05) is 11.6 Å². The second-order valence-electron chi connectivity index (χ2n) is 7.85. The molecule has 2 amide bonds. The molecule has 4 aliphatic rings. The first-order valence-electron chi connectivity index (χ1n) is 9.68. The Morgan fingerprint density at radius 1 is 1.28 bits per heavy atom. The van der Waals surface area contributed by atoms with E-state index < -0.39 is 11.9 Å². The van der Waals surface area contributed by atoms with Gasteiger partial charge in [-0.25, -0.2) is 4.39 Å². The zero-order valence-corrected chi connectivity index (χ0v) is 16.6. The van der Waals surface area contributed by atoms with Crippen LogP contribution in [-0.4, -0.2) is 65.3 Å². The molecule has 3 aliphatic heterocycles. The molecule has 150 valence electrons. The van der Waals surface area contributed by atoms with Gasteiger partial charge in [-0.2, -0.15) is 5.10 Å². The van der Waals surface area contributed by atoms with Crippen molar-refractivity contribution in [2.24, 2.45) is 21.1 Å². The van der Waals surface area contributed by atoms with Gasteiger partial charge in [0, 0.05) is 37.8 Å². The van der Waals surface area contributed by atoms with E-state index in [4.69, 9.17) is 11.6 Å². The number of carbonyl (C=O) groups is 2. The number of benzene rings is 1. The van der Waals surface area contributed by atoms with Crippen LogP contribution in [-0.2, 0) is 9.59 Å². The summed E-state index contributed by atoms with van der Waals surface area (Å²) in [6.07, 6.45) is 4.20. The lowest BCUT2D eigenvalue weighted by Crippen LogP contribution is -2.50. The first kappa shape index (κ1) is 18.4. The third-order valence-electron chi connectivity index (χ3n) is 5.97. The number of nitrogens with zero attached hydrogens (tertiary/aromatic N) is 5. The van der Waals surface area contributed by atoms with Crippen LogP contribution in [0.2, 0.25) is 5.02 Å². The molecule has 9 heteroatoms. The fourth-order valence-electron chi connectivity index (χ4n) is 4.08. The quantitative estimate of drug-likeness (QED) is 0.722. The number of hydrogen-bond donors (Lipinski definition) is 0. The number of amides is 2. The normalized spacial score (nSPS) is 24.7. The molecule has 7 nitrogen and oxygen atoms in total. The Labute approximate surface area is 171 Å². The first-order chi connectivity index (χ1) is 13.9. The average molecular weight is 416 g/mol. The molecule has 0 radical (unpaired) electrons. The van der Waals surface area contributed by atoms with Crippen LogP contribution in [0.15, 0.2) is 27.3 Å². The van der Waals surface area contributed by atoms with Gasteiger partial charge in [0.05, 0.1) is 22.0 Å². The van der Waals surface area contributed by atoms with Crippen LogP contribution in [0, 0.1) is 11.7 Å².